The van der Waals surface area contributed by atoms with Crippen LogP contribution in [0.5, 0.6) is 11.5 Å². The van der Waals surface area contributed by atoms with Gasteiger partial charge in [0.25, 0.3) is 11.5 Å². The summed E-state index contributed by atoms with van der Waals surface area (Å²) in [6.07, 6.45) is 3.09. The second kappa shape index (κ2) is 9.23. The van der Waals surface area contributed by atoms with Crippen molar-refractivity contribution in [3.8, 4) is 17.2 Å². The smallest absolute Gasteiger partial charge is 0.284 e. The first-order valence-corrected chi connectivity index (χ1v) is 11.4. The van der Waals surface area contributed by atoms with Crippen LogP contribution in [-0.2, 0) is 7.05 Å². The van der Waals surface area contributed by atoms with E-state index in [9.17, 15) is 18.8 Å². The topological polar surface area (TPSA) is 99.6 Å². The number of para-hydroxylation sites is 1. The van der Waals surface area contributed by atoms with Crippen LogP contribution >= 0.6 is 0 Å². The van der Waals surface area contributed by atoms with Gasteiger partial charge in [0.05, 0.1) is 17.6 Å². The van der Waals surface area contributed by atoms with Crippen molar-refractivity contribution in [1.29, 1.82) is 0 Å². The molecule has 2 aromatic carbocycles. The number of ether oxygens (including phenoxy) is 1. The van der Waals surface area contributed by atoms with Crippen molar-refractivity contribution < 1.29 is 18.7 Å². The molecule has 5 rings (SSSR count). The molecule has 186 valence electrons. The number of rotatable bonds is 6. The predicted molar refractivity (Wildman–Crippen MR) is 135 cm³/mol. The third-order valence-electron chi connectivity index (χ3n) is 6.09. The zero-order chi connectivity index (χ0) is 26.3. The number of benzene rings is 2. The number of hydrogen-bond donors (Lipinski definition) is 1. The van der Waals surface area contributed by atoms with E-state index in [0.717, 1.165) is 6.07 Å². The van der Waals surface area contributed by atoms with Crippen LogP contribution in [0.2, 0.25) is 0 Å². The van der Waals surface area contributed by atoms with E-state index in [0.29, 0.717) is 22.5 Å². The van der Waals surface area contributed by atoms with Gasteiger partial charge in [-0.1, -0.05) is 18.2 Å². The number of carbonyl (C=O) groups excluding carboxylic acids is 2. The van der Waals surface area contributed by atoms with Gasteiger partial charge in [0.2, 0.25) is 0 Å². The second-order valence-electron chi connectivity index (χ2n) is 8.41. The first kappa shape index (κ1) is 23.7. The fourth-order valence-electron chi connectivity index (χ4n) is 4.19. The number of fused-ring (bicyclic) bond motifs is 1. The maximum Gasteiger partial charge on any atom is 0.284 e. The van der Waals surface area contributed by atoms with Gasteiger partial charge in [-0.25, -0.2) is 13.6 Å². The van der Waals surface area contributed by atoms with Gasteiger partial charge in [-0.2, -0.15) is 5.10 Å². The Balaban J connectivity index is 1.42. The predicted octanol–water partition coefficient (Wildman–Crippen LogP) is 4.52. The number of Topliss-reactive ketones (excluding diaryl/α,β-unsaturated/α-hetero) is 1. The average molecular weight is 500 g/mol. The SMILES string of the molecule is CC(=O)c1ccn2nccc(Oc3ccc(NC(=O)c4c(C)n(C)n(-c5ccccc5)c4=O)cc3F)c12. The maximum atomic E-state index is 15.0. The second-order valence-corrected chi connectivity index (χ2v) is 8.41. The summed E-state index contributed by atoms with van der Waals surface area (Å²) in [4.78, 5) is 38.1. The summed E-state index contributed by atoms with van der Waals surface area (Å²) in [5.41, 5.74) is 1.51. The van der Waals surface area contributed by atoms with Crippen molar-refractivity contribution in [2.24, 2.45) is 7.05 Å². The van der Waals surface area contributed by atoms with Gasteiger partial charge in [0.15, 0.2) is 23.1 Å². The largest absolute Gasteiger partial charge is 0.452 e. The molecule has 0 atom stereocenters. The summed E-state index contributed by atoms with van der Waals surface area (Å²) in [5.74, 6) is -1.43. The number of ketones is 1. The minimum absolute atomic E-state index is 0.0451. The van der Waals surface area contributed by atoms with E-state index in [1.165, 1.54) is 40.5 Å². The van der Waals surface area contributed by atoms with Crippen LogP contribution in [0.1, 0.15) is 33.3 Å². The molecule has 0 bridgehead atoms. The van der Waals surface area contributed by atoms with Crippen molar-refractivity contribution in [3.63, 3.8) is 0 Å². The first-order chi connectivity index (χ1) is 17.8. The zero-order valence-corrected chi connectivity index (χ0v) is 20.2. The Morgan fingerprint density at radius 3 is 2.49 bits per heavy atom. The minimum atomic E-state index is -0.741. The molecule has 1 amide bonds. The Bertz CT molecular complexity index is 1730. The quantitative estimate of drug-likeness (QED) is 0.347. The van der Waals surface area contributed by atoms with Crippen LogP contribution in [0.25, 0.3) is 11.2 Å². The van der Waals surface area contributed by atoms with Gasteiger partial charge in [0.1, 0.15) is 11.1 Å². The Kier molecular flexibility index (Phi) is 5.92. The molecule has 0 unspecified atom stereocenters. The van der Waals surface area contributed by atoms with Gasteiger partial charge < -0.3 is 10.1 Å². The average Bonchev–Trinajstić information content (AvgIpc) is 3.41. The Morgan fingerprint density at radius 2 is 1.78 bits per heavy atom. The molecule has 9 nitrogen and oxygen atoms in total. The van der Waals surface area contributed by atoms with Crippen molar-refractivity contribution >= 4 is 22.9 Å². The highest BCUT2D eigenvalue weighted by molar-refractivity contribution is 6.05. The molecule has 37 heavy (non-hydrogen) atoms. The maximum absolute atomic E-state index is 15.0. The van der Waals surface area contributed by atoms with Crippen LogP contribution in [0.4, 0.5) is 10.1 Å². The van der Waals surface area contributed by atoms with E-state index in [-0.39, 0.29) is 28.5 Å². The number of hydrogen-bond acceptors (Lipinski definition) is 5. The molecule has 0 saturated heterocycles. The van der Waals surface area contributed by atoms with Gasteiger partial charge >= 0.3 is 0 Å². The molecule has 1 N–H and O–H groups in total. The van der Waals surface area contributed by atoms with Crippen LogP contribution in [0, 0.1) is 12.7 Å². The third-order valence-corrected chi connectivity index (χ3v) is 6.09. The van der Waals surface area contributed by atoms with Gasteiger partial charge in [-0.05, 0) is 44.2 Å². The number of nitrogens with one attached hydrogen (secondary N) is 1. The van der Waals surface area contributed by atoms with Crippen LogP contribution in [-0.4, -0.2) is 30.7 Å². The molecule has 3 aromatic heterocycles. The third kappa shape index (κ3) is 4.18. The van der Waals surface area contributed by atoms with Crippen LogP contribution in [0.3, 0.4) is 0 Å². The Morgan fingerprint density at radius 1 is 1.03 bits per heavy atom. The van der Waals surface area contributed by atoms with Crippen molar-refractivity contribution in [1.82, 2.24) is 19.0 Å². The van der Waals surface area contributed by atoms with E-state index in [2.05, 4.69) is 10.4 Å². The molecule has 3 heterocycles. The van der Waals surface area contributed by atoms with Crippen LogP contribution in [0.15, 0.2) is 77.9 Å². The lowest BCUT2D eigenvalue weighted by Gasteiger charge is -2.11. The monoisotopic (exact) mass is 499 g/mol. The summed E-state index contributed by atoms with van der Waals surface area (Å²) in [7, 11) is 1.69. The van der Waals surface area contributed by atoms with E-state index in [1.807, 2.05) is 6.07 Å². The number of aromatic nitrogens is 4. The van der Waals surface area contributed by atoms with Crippen LogP contribution < -0.4 is 15.6 Å². The fourth-order valence-corrected chi connectivity index (χ4v) is 4.19. The standard InChI is InChI=1S/C27H22FN5O4/c1-16-24(27(36)33(31(16)3)19-7-5-4-6-8-19)26(35)30-18-9-10-22(21(28)15-18)37-23-11-13-29-32-14-12-20(17(2)34)25(23)32/h4-15H,1-3H3,(H,30,35). The van der Waals surface area contributed by atoms with Crippen molar-refractivity contribution in [2.45, 2.75) is 13.8 Å². The zero-order valence-electron chi connectivity index (χ0n) is 20.2. The van der Waals surface area contributed by atoms with Gasteiger partial charge in [-0.3, -0.25) is 19.1 Å². The lowest BCUT2D eigenvalue weighted by atomic mass is 10.2. The highest BCUT2D eigenvalue weighted by Crippen LogP contribution is 2.31. The minimum Gasteiger partial charge on any atom is -0.452 e. The molecule has 0 radical (unpaired) electrons. The molecule has 5 aromatic rings. The summed E-state index contributed by atoms with van der Waals surface area (Å²) < 4.78 is 25.2. The normalized spacial score (nSPS) is 11.0. The molecule has 0 fully saturated rings. The van der Waals surface area contributed by atoms with Gasteiger partial charge in [0, 0.05) is 36.6 Å². The number of carbonyl (C=O) groups is 2. The molecule has 0 aliphatic rings. The highest BCUT2D eigenvalue weighted by atomic mass is 19.1. The number of amides is 1. The first-order valence-electron chi connectivity index (χ1n) is 11.4. The van der Waals surface area contributed by atoms with E-state index < -0.39 is 17.3 Å². The van der Waals surface area contributed by atoms with Crippen molar-refractivity contribution in [2.75, 3.05) is 5.32 Å². The Hall–Kier alpha value is -4.99. The van der Waals surface area contributed by atoms with E-state index in [1.54, 1.807) is 55.2 Å². The molecule has 0 spiro atoms. The lowest BCUT2D eigenvalue weighted by molar-refractivity contribution is 0.101. The molecule has 0 saturated carbocycles. The van der Waals surface area contributed by atoms with E-state index >= 15 is 0 Å². The molecule has 10 heteroatoms. The number of anilines is 1. The summed E-state index contributed by atoms with van der Waals surface area (Å²) in [6.45, 7) is 3.09. The highest BCUT2D eigenvalue weighted by Gasteiger charge is 2.23. The Labute approximate surface area is 210 Å². The number of halogens is 1. The molecular formula is C27H22FN5O4. The molecular weight excluding hydrogens is 477 g/mol. The van der Waals surface area contributed by atoms with Gasteiger partial charge in [-0.15, -0.1) is 0 Å². The molecule has 0 aliphatic heterocycles. The summed E-state index contributed by atoms with van der Waals surface area (Å²) in [5, 5.41) is 6.73. The summed E-state index contributed by atoms with van der Waals surface area (Å²) >= 11 is 0. The molecule has 0 aliphatic carbocycles. The van der Waals surface area contributed by atoms with Crippen molar-refractivity contribution in [3.05, 3.63) is 106 Å². The summed E-state index contributed by atoms with van der Waals surface area (Å²) in [6, 6.07) is 16.0. The number of nitrogens with zero attached hydrogens (tertiary/aromatic N) is 4. The van der Waals surface area contributed by atoms with E-state index in [4.69, 9.17) is 4.74 Å². The fraction of sp³-hybridized carbons (Fsp3) is 0.111. The lowest BCUT2D eigenvalue weighted by Crippen LogP contribution is -2.25.